The number of hydrogen-bond donors (Lipinski definition) is 1. The zero-order chi connectivity index (χ0) is 11.9. The molecule has 0 spiro atoms. The van der Waals surface area contributed by atoms with Gasteiger partial charge >= 0.3 is 0 Å². The van der Waals surface area contributed by atoms with Crippen molar-refractivity contribution < 1.29 is 18.3 Å². The van der Waals surface area contributed by atoms with Gasteiger partial charge in [0.1, 0.15) is 5.78 Å². The van der Waals surface area contributed by atoms with Gasteiger partial charge in [-0.3, -0.25) is 4.79 Å². The number of aliphatic hydroxyl groups excluding tert-OH is 1. The Bertz CT molecular complexity index is 350. The molecule has 2 unspecified atom stereocenters. The van der Waals surface area contributed by atoms with Gasteiger partial charge in [0.15, 0.2) is 9.84 Å². The Balaban J connectivity index is 2.66. The van der Waals surface area contributed by atoms with Crippen LogP contribution in [0.1, 0.15) is 27.2 Å². The number of ketones is 1. The van der Waals surface area contributed by atoms with E-state index in [9.17, 15) is 18.3 Å². The van der Waals surface area contributed by atoms with Gasteiger partial charge in [0.05, 0.1) is 17.6 Å². The minimum Gasteiger partial charge on any atom is -0.392 e. The van der Waals surface area contributed by atoms with Crippen molar-refractivity contribution in [2.45, 2.75) is 33.3 Å². The Morgan fingerprint density at radius 1 is 1.33 bits per heavy atom. The molecule has 0 radical (unpaired) electrons. The molecule has 1 saturated heterocycles. The van der Waals surface area contributed by atoms with Crippen molar-refractivity contribution in [3.8, 4) is 0 Å². The molecule has 1 N–H and O–H groups in total. The topological polar surface area (TPSA) is 71.4 Å². The lowest BCUT2D eigenvalue weighted by atomic mass is 9.84. The predicted molar refractivity (Wildman–Crippen MR) is 57.2 cm³/mol. The first-order valence-corrected chi connectivity index (χ1v) is 6.86. The van der Waals surface area contributed by atoms with Crippen LogP contribution in [0.5, 0.6) is 0 Å². The van der Waals surface area contributed by atoms with Crippen LogP contribution in [-0.4, -0.2) is 36.9 Å². The molecule has 0 aromatic heterocycles. The number of Topliss-reactive ketones (excluding diaryl/α,β-unsaturated/α-hetero) is 1. The molecule has 88 valence electrons. The second kappa shape index (κ2) is 3.87. The highest BCUT2D eigenvalue weighted by atomic mass is 32.2. The van der Waals surface area contributed by atoms with Crippen LogP contribution >= 0.6 is 0 Å². The molecule has 1 rings (SSSR count). The van der Waals surface area contributed by atoms with E-state index < -0.39 is 27.3 Å². The summed E-state index contributed by atoms with van der Waals surface area (Å²) in [6.07, 6.45) is -0.717. The van der Waals surface area contributed by atoms with E-state index in [4.69, 9.17) is 0 Å². The Morgan fingerprint density at radius 2 is 1.87 bits per heavy atom. The molecule has 0 bridgehead atoms. The highest BCUT2D eigenvalue weighted by Gasteiger charge is 2.38. The number of rotatable bonds is 2. The van der Waals surface area contributed by atoms with Gasteiger partial charge in [-0.25, -0.2) is 8.42 Å². The minimum absolute atomic E-state index is 0.00338. The molecule has 0 aliphatic carbocycles. The van der Waals surface area contributed by atoms with Gasteiger partial charge in [0.2, 0.25) is 0 Å². The van der Waals surface area contributed by atoms with Gasteiger partial charge in [-0.1, -0.05) is 20.8 Å². The molecule has 0 amide bonds. The molecule has 1 aliphatic rings. The molecule has 0 saturated carbocycles. The maximum atomic E-state index is 11.7. The molecule has 1 fully saturated rings. The zero-order valence-electron chi connectivity index (χ0n) is 9.36. The van der Waals surface area contributed by atoms with Crippen LogP contribution in [0.4, 0.5) is 0 Å². The first-order valence-electron chi connectivity index (χ1n) is 5.03. The first-order chi connectivity index (χ1) is 6.62. The maximum absolute atomic E-state index is 11.7. The summed E-state index contributed by atoms with van der Waals surface area (Å²) in [7, 11) is -3.14. The summed E-state index contributed by atoms with van der Waals surface area (Å²) < 4.78 is 22.4. The highest BCUT2D eigenvalue weighted by Crippen LogP contribution is 2.27. The quantitative estimate of drug-likeness (QED) is 0.750. The number of carbonyl (C=O) groups is 1. The van der Waals surface area contributed by atoms with Crippen molar-refractivity contribution in [1.29, 1.82) is 0 Å². The van der Waals surface area contributed by atoms with Gasteiger partial charge in [-0.05, 0) is 0 Å². The van der Waals surface area contributed by atoms with E-state index in [0.29, 0.717) is 0 Å². The summed E-state index contributed by atoms with van der Waals surface area (Å²) in [4.78, 5) is 11.7. The van der Waals surface area contributed by atoms with Gasteiger partial charge < -0.3 is 5.11 Å². The normalized spacial score (nSPS) is 30.4. The maximum Gasteiger partial charge on any atom is 0.153 e. The zero-order valence-corrected chi connectivity index (χ0v) is 10.2. The molecule has 15 heavy (non-hydrogen) atoms. The van der Waals surface area contributed by atoms with Crippen molar-refractivity contribution >= 4 is 15.6 Å². The van der Waals surface area contributed by atoms with Crippen LogP contribution in [0, 0.1) is 11.3 Å². The van der Waals surface area contributed by atoms with E-state index in [1.807, 2.05) is 0 Å². The summed E-state index contributed by atoms with van der Waals surface area (Å²) in [6, 6.07) is 0. The second-order valence-electron chi connectivity index (χ2n) is 5.28. The summed E-state index contributed by atoms with van der Waals surface area (Å²) in [5.41, 5.74) is -0.466. The summed E-state index contributed by atoms with van der Waals surface area (Å²) in [5.74, 6) is -0.671. The summed E-state index contributed by atoms with van der Waals surface area (Å²) in [6.45, 7) is 5.39. The fourth-order valence-electron chi connectivity index (χ4n) is 1.64. The van der Waals surface area contributed by atoms with Crippen LogP contribution in [0.2, 0.25) is 0 Å². The fourth-order valence-corrected chi connectivity index (χ4v) is 3.56. The number of aliphatic hydroxyl groups is 1. The number of hydrogen-bond acceptors (Lipinski definition) is 4. The Morgan fingerprint density at radius 3 is 2.20 bits per heavy atom. The molecule has 1 aliphatic heterocycles. The lowest BCUT2D eigenvalue weighted by Crippen LogP contribution is -2.27. The third kappa shape index (κ3) is 3.28. The van der Waals surface area contributed by atoms with Crippen LogP contribution in [0.25, 0.3) is 0 Å². The van der Waals surface area contributed by atoms with Crippen molar-refractivity contribution in [3.63, 3.8) is 0 Å². The SMILES string of the molecule is CC(C)(C)C(=O)CC1CS(=O)(=O)CC1O. The van der Waals surface area contributed by atoms with E-state index in [1.165, 1.54) is 0 Å². The van der Waals surface area contributed by atoms with Crippen molar-refractivity contribution in [2.24, 2.45) is 11.3 Å². The molecular weight excluding hydrogens is 216 g/mol. The third-order valence-electron chi connectivity index (χ3n) is 2.72. The standard InChI is InChI=1S/C10H18O4S/c1-10(2,3)9(12)4-7-5-15(13,14)6-8(7)11/h7-8,11H,4-6H2,1-3H3. The lowest BCUT2D eigenvalue weighted by Gasteiger charge is -2.20. The van der Waals surface area contributed by atoms with E-state index in [0.717, 1.165) is 0 Å². The molecule has 2 atom stereocenters. The average molecular weight is 234 g/mol. The largest absolute Gasteiger partial charge is 0.392 e. The summed E-state index contributed by atoms with van der Waals surface area (Å²) >= 11 is 0. The van der Waals surface area contributed by atoms with Gasteiger partial charge in [0, 0.05) is 17.8 Å². The Labute approximate surface area is 90.6 Å². The number of carbonyl (C=O) groups excluding carboxylic acids is 1. The van der Waals surface area contributed by atoms with Gasteiger partial charge in [0.25, 0.3) is 0 Å². The van der Waals surface area contributed by atoms with Gasteiger partial charge in [-0.2, -0.15) is 0 Å². The molecule has 0 aromatic rings. The van der Waals surface area contributed by atoms with Gasteiger partial charge in [-0.15, -0.1) is 0 Å². The first kappa shape index (κ1) is 12.6. The van der Waals surface area contributed by atoms with Crippen LogP contribution in [-0.2, 0) is 14.6 Å². The van der Waals surface area contributed by atoms with Crippen LogP contribution < -0.4 is 0 Å². The van der Waals surface area contributed by atoms with Crippen LogP contribution in [0.3, 0.4) is 0 Å². The van der Waals surface area contributed by atoms with E-state index >= 15 is 0 Å². The van der Waals surface area contributed by atoms with Crippen LogP contribution in [0.15, 0.2) is 0 Å². The molecular formula is C10H18O4S. The highest BCUT2D eigenvalue weighted by molar-refractivity contribution is 7.91. The summed E-state index contributed by atoms with van der Waals surface area (Å²) in [5, 5.41) is 9.51. The van der Waals surface area contributed by atoms with E-state index in [-0.39, 0.29) is 23.7 Å². The number of sulfone groups is 1. The monoisotopic (exact) mass is 234 g/mol. The van der Waals surface area contributed by atoms with Crippen molar-refractivity contribution in [3.05, 3.63) is 0 Å². The lowest BCUT2D eigenvalue weighted by molar-refractivity contribution is -0.127. The molecule has 0 aromatic carbocycles. The molecule has 1 heterocycles. The van der Waals surface area contributed by atoms with Crippen molar-refractivity contribution in [1.82, 2.24) is 0 Å². The third-order valence-corrected chi connectivity index (χ3v) is 4.51. The fraction of sp³-hybridized carbons (Fsp3) is 0.900. The van der Waals surface area contributed by atoms with E-state index in [2.05, 4.69) is 0 Å². The van der Waals surface area contributed by atoms with E-state index in [1.54, 1.807) is 20.8 Å². The Hall–Kier alpha value is -0.420. The minimum atomic E-state index is -3.14. The molecule has 4 nitrogen and oxygen atoms in total. The second-order valence-corrected chi connectivity index (χ2v) is 7.44. The Kier molecular flexibility index (Phi) is 3.26. The smallest absolute Gasteiger partial charge is 0.153 e. The van der Waals surface area contributed by atoms with Crippen molar-refractivity contribution in [2.75, 3.05) is 11.5 Å². The predicted octanol–water partition coefficient (Wildman–Crippen LogP) is 0.397. The molecule has 5 heteroatoms. The average Bonchev–Trinajstić information content (AvgIpc) is 2.22.